The van der Waals surface area contributed by atoms with Gasteiger partial charge in [0.2, 0.25) is 15.9 Å². The van der Waals surface area contributed by atoms with Gasteiger partial charge in [-0.2, -0.15) is 0 Å². The SMILES string of the molecule is CCCCN(CC(=O)NC1CCCCC1)C1CCN(Cc2ccc(Oc3ccc(NS(C)(=O)=O)cc3)cc2)CC1.Cl.Cl. The number of likely N-dealkylation sites (tertiary alicyclic amines) is 1. The number of hydrogen-bond acceptors (Lipinski definition) is 6. The molecule has 2 fully saturated rings. The van der Waals surface area contributed by atoms with Gasteiger partial charge in [-0.15, -0.1) is 24.8 Å². The van der Waals surface area contributed by atoms with Crippen LogP contribution < -0.4 is 14.8 Å². The standard InChI is InChI=1S/C31H46N4O4S.2ClH/c1-3-4-20-35(24-31(36)32-26-8-6-5-7-9-26)28-18-21-34(22-19-28)23-25-10-14-29(15-11-25)39-30-16-12-27(13-17-30)33-40(2,37)38;;/h10-17,26,28,33H,3-9,18-24H2,1-2H3,(H,32,36);2*1H. The number of benzene rings is 2. The maximum absolute atomic E-state index is 12.8. The average molecular weight is 644 g/mol. The van der Waals surface area contributed by atoms with E-state index in [1.54, 1.807) is 24.3 Å². The van der Waals surface area contributed by atoms with E-state index in [0.717, 1.165) is 76.7 Å². The summed E-state index contributed by atoms with van der Waals surface area (Å²) in [7, 11) is -3.30. The zero-order valence-electron chi connectivity index (χ0n) is 24.9. The molecule has 0 bridgehead atoms. The number of unbranched alkanes of at least 4 members (excludes halogenated alkanes) is 1. The van der Waals surface area contributed by atoms with Crippen LogP contribution in [-0.4, -0.2) is 68.6 Å². The molecule has 8 nitrogen and oxygen atoms in total. The summed E-state index contributed by atoms with van der Waals surface area (Å²) in [4.78, 5) is 17.8. The normalized spacial score (nSPS) is 16.7. The highest BCUT2D eigenvalue weighted by atomic mass is 35.5. The Hall–Kier alpha value is -2.04. The van der Waals surface area contributed by atoms with E-state index in [1.165, 1.54) is 24.8 Å². The van der Waals surface area contributed by atoms with Gasteiger partial charge in [-0.05, 0) is 93.7 Å². The van der Waals surface area contributed by atoms with Crippen molar-refractivity contribution in [2.45, 2.75) is 83.3 Å². The largest absolute Gasteiger partial charge is 0.457 e. The average Bonchev–Trinajstić information content (AvgIpc) is 2.93. The first-order valence-electron chi connectivity index (χ1n) is 14.9. The Morgan fingerprint density at radius 2 is 1.52 bits per heavy atom. The van der Waals surface area contributed by atoms with E-state index in [0.29, 0.717) is 30.1 Å². The Morgan fingerprint density at radius 1 is 0.929 bits per heavy atom. The summed E-state index contributed by atoms with van der Waals surface area (Å²) < 4.78 is 31.1. The molecule has 236 valence electrons. The Balaban J connectivity index is 0.00000308. The van der Waals surface area contributed by atoms with Gasteiger partial charge in [-0.3, -0.25) is 19.3 Å². The Kier molecular flexibility index (Phi) is 15.4. The van der Waals surface area contributed by atoms with Crippen LogP contribution >= 0.6 is 24.8 Å². The van der Waals surface area contributed by atoms with E-state index < -0.39 is 10.0 Å². The van der Waals surface area contributed by atoms with Gasteiger partial charge in [-0.25, -0.2) is 8.42 Å². The van der Waals surface area contributed by atoms with Crippen LogP contribution in [-0.2, 0) is 21.4 Å². The lowest BCUT2D eigenvalue weighted by molar-refractivity contribution is -0.124. The van der Waals surface area contributed by atoms with Crippen molar-refractivity contribution >= 4 is 46.4 Å². The molecule has 0 unspecified atom stereocenters. The maximum atomic E-state index is 12.8. The summed E-state index contributed by atoms with van der Waals surface area (Å²) in [6.07, 6.45) is 11.6. The molecule has 2 aliphatic rings. The van der Waals surface area contributed by atoms with Crippen molar-refractivity contribution < 1.29 is 17.9 Å². The fraction of sp³-hybridized carbons (Fsp3) is 0.581. The van der Waals surface area contributed by atoms with E-state index in [1.807, 2.05) is 12.1 Å². The third-order valence-corrected chi connectivity index (χ3v) is 8.52. The van der Waals surface area contributed by atoms with Crippen molar-refractivity contribution in [3.8, 4) is 11.5 Å². The van der Waals surface area contributed by atoms with Crippen molar-refractivity contribution in [2.75, 3.05) is 37.2 Å². The second-order valence-electron chi connectivity index (χ2n) is 11.4. The molecule has 2 aromatic rings. The second kappa shape index (κ2) is 17.9. The number of carbonyl (C=O) groups is 1. The fourth-order valence-electron chi connectivity index (χ4n) is 5.76. The number of ether oxygens (including phenoxy) is 1. The molecule has 2 aromatic carbocycles. The first kappa shape index (κ1) is 36.2. The minimum absolute atomic E-state index is 0. The quantitative estimate of drug-likeness (QED) is 0.270. The number of nitrogens with zero attached hydrogens (tertiary/aromatic N) is 2. The van der Waals surface area contributed by atoms with Crippen LogP contribution in [0.25, 0.3) is 0 Å². The predicted molar refractivity (Wildman–Crippen MR) is 176 cm³/mol. The number of anilines is 1. The molecular formula is C31H48Cl2N4O4S. The zero-order valence-corrected chi connectivity index (χ0v) is 27.4. The number of carbonyl (C=O) groups excluding carboxylic acids is 1. The van der Waals surface area contributed by atoms with Crippen LogP contribution in [0.4, 0.5) is 5.69 Å². The fourth-order valence-corrected chi connectivity index (χ4v) is 6.33. The highest BCUT2D eigenvalue weighted by molar-refractivity contribution is 7.92. The molecule has 0 radical (unpaired) electrons. The highest BCUT2D eigenvalue weighted by Crippen LogP contribution is 2.25. The predicted octanol–water partition coefficient (Wildman–Crippen LogP) is 6.21. The van der Waals surface area contributed by atoms with Gasteiger partial charge in [0.25, 0.3) is 0 Å². The lowest BCUT2D eigenvalue weighted by Gasteiger charge is -2.38. The number of halogens is 2. The third kappa shape index (κ3) is 12.3. The van der Waals surface area contributed by atoms with Gasteiger partial charge in [0.1, 0.15) is 11.5 Å². The van der Waals surface area contributed by atoms with Gasteiger partial charge in [0.05, 0.1) is 12.8 Å². The Bertz CT molecular complexity index is 1170. The van der Waals surface area contributed by atoms with Gasteiger partial charge < -0.3 is 10.1 Å². The van der Waals surface area contributed by atoms with Gasteiger partial charge >= 0.3 is 0 Å². The van der Waals surface area contributed by atoms with Crippen LogP contribution in [0.15, 0.2) is 48.5 Å². The molecule has 1 saturated heterocycles. The Morgan fingerprint density at radius 3 is 2.10 bits per heavy atom. The number of nitrogens with one attached hydrogen (secondary N) is 2. The minimum Gasteiger partial charge on any atom is -0.457 e. The molecule has 1 aliphatic heterocycles. The first-order chi connectivity index (χ1) is 19.3. The number of sulfonamides is 1. The monoisotopic (exact) mass is 642 g/mol. The maximum Gasteiger partial charge on any atom is 0.234 e. The van der Waals surface area contributed by atoms with E-state index in [9.17, 15) is 13.2 Å². The van der Waals surface area contributed by atoms with Gasteiger partial charge in [0, 0.05) is 24.3 Å². The molecule has 4 rings (SSSR count). The number of rotatable bonds is 13. The second-order valence-corrected chi connectivity index (χ2v) is 13.1. The van der Waals surface area contributed by atoms with Crippen molar-refractivity contribution in [2.24, 2.45) is 0 Å². The highest BCUT2D eigenvalue weighted by Gasteiger charge is 2.26. The molecule has 1 saturated carbocycles. The van der Waals surface area contributed by atoms with Crippen LogP contribution in [0.5, 0.6) is 11.5 Å². The lowest BCUT2D eigenvalue weighted by Crippen LogP contribution is -2.49. The zero-order chi connectivity index (χ0) is 28.4. The topological polar surface area (TPSA) is 91.0 Å². The molecule has 1 aliphatic carbocycles. The smallest absolute Gasteiger partial charge is 0.234 e. The van der Waals surface area contributed by atoms with Crippen LogP contribution in [0.1, 0.15) is 70.3 Å². The number of piperidine rings is 1. The molecule has 1 amide bonds. The summed E-state index contributed by atoms with van der Waals surface area (Å²) in [5.74, 6) is 1.59. The van der Waals surface area contributed by atoms with E-state index in [-0.39, 0.29) is 30.7 Å². The summed E-state index contributed by atoms with van der Waals surface area (Å²) >= 11 is 0. The van der Waals surface area contributed by atoms with Gasteiger partial charge in [-0.1, -0.05) is 44.7 Å². The van der Waals surface area contributed by atoms with Gasteiger partial charge in [0.15, 0.2) is 0 Å². The first-order valence-corrected chi connectivity index (χ1v) is 16.8. The lowest BCUT2D eigenvalue weighted by atomic mass is 9.95. The molecule has 0 aromatic heterocycles. The van der Waals surface area contributed by atoms with Crippen molar-refractivity contribution in [3.63, 3.8) is 0 Å². The van der Waals surface area contributed by atoms with Crippen LogP contribution in [0.3, 0.4) is 0 Å². The van der Waals surface area contributed by atoms with Crippen LogP contribution in [0, 0.1) is 0 Å². The molecule has 42 heavy (non-hydrogen) atoms. The molecular weight excluding hydrogens is 595 g/mol. The van der Waals surface area contributed by atoms with E-state index in [4.69, 9.17) is 4.74 Å². The number of hydrogen-bond donors (Lipinski definition) is 2. The van der Waals surface area contributed by atoms with Crippen LogP contribution in [0.2, 0.25) is 0 Å². The molecule has 11 heteroatoms. The van der Waals surface area contributed by atoms with Crippen molar-refractivity contribution in [1.29, 1.82) is 0 Å². The van der Waals surface area contributed by atoms with Crippen molar-refractivity contribution in [1.82, 2.24) is 15.1 Å². The molecule has 0 spiro atoms. The summed E-state index contributed by atoms with van der Waals surface area (Å²) in [5.41, 5.74) is 1.75. The van der Waals surface area contributed by atoms with E-state index in [2.05, 4.69) is 38.9 Å². The summed E-state index contributed by atoms with van der Waals surface area (Å²) in [6.45, 7) is 6.70. The minimum atomic E-state index is -3.30. The molecule has 2 N–H and O–H groups in total. The summed E-state index contributed by atoms with van der Waals surface area (Å²) in [6, 6.07) is 15.8. The summed E-state index contributed by atoms with van der Waals surface area (Å²) in [5, 5.41) is 3.31. The number of amides is 1. The van der Waals surface area contributed by atoms with E-state index >= 15 is 0 Å². The molecule has 0 atom stereocenters. The molecule has 1 heterocycles. The van der Waals surface area contributed by atoms with Crippen molar-refractivity contribution in [3.05, 3.63) is 54.1 Å². The third-order valence-electron chi connectivity index (χ3n) is 7.91. The Labute approximate surface area is 264 Å².